The van der Waals surface area contributed by atoms with E-state index in [2.05, 4.69) is 4.98 Å². The number of halogens is 2. The van der Waals surface area contributed by atoms with E-state index in [-0.39, 0.29) is 17.4 Å². The van der Waals surface area contributed by atoms with Crippen molar-refractivity contribution in [2.24, 2.45) is 0 Å². The Labute approximate surface area is 120 Å². The average molecular weight is 294 g/mol. The summed E-state index contributed by atoms with van der Waals surface area (Å²) in [5.41, 5.74) is 3.07. The minimum absolute atomic E-state index is 0.215. The molecule has 0 saturated heterocycles. The molecule has 3 rings (SSSR count). The van der Waals surface area contributed by atoms with Crippen LogP contribution in [0, 0.1) is 5.82 Å². The Morgan fingerprint density at radius 1 is 1.40 bits per heavy atom. The van der Waals surface area contributed by atoms with Crippen molar-refractivity contribution in [1.82, 2.24) is 4.98 Å². The molecule has 5 heteroatoms. The van der Waals surface area contributed by atoms with Crippen molar-refractivity contribution < 1.29 is 14.3 Å². The Bertz CT molecular complexity index is 660. The van der Waals surface area contributed by atoms with E-state index in [0.29, 0.717) is 11.4 Å². The number of benzene rings is 1. The van der Waals surface area contributed by atoms with Crippen LogP contribution in [0.5, 0.6) is 0 Å². The molecule has 1 aliphatic carbocycles. The number of hydrogen-bond acceptors (Lipinski definition) is 1. The maximum atomic E-state index is 13.3. The first-order valence-electron chi connectivity index (χ1n) is 6.43. The molecule has 2 aromatic rings. The van der Waals surface area contributed by atoms with Gasteiger partial charge in [-0.25, -0.2) is 9.18 Å². The van der Waals surface area contributed by atoms with E-state index in [0.717, 1.165) is 29.7 Å². The highest BCUT2D eigenvalue weighted by molar-refractivity contribution is 6.30. The minimum atomic E-state index is -0.952. The quantitative estimate of drug-likeness (QED) is 0.905. The molecule has 20 heavy (non-hydrogen) atoms. The number of rotatable bonds is 3. The molecule has 0 aliphatic heterocycles. The van der Waals surface area contributed by atoms with E-state index in [1.165, 1.54) is 12.1 Å². The fourth-order valence-electron chi connectivity index (χ4n) is 2.90. The SMILES string of the molecule is O=C(O)c1cc2c([nH]1)CCC2Cc1cc(F)cc(Cl)c1. The molecule has 1 unspecified atom stereocenters. The maximum absolute atomic E-state index is 13.3. The van der Waals surface area contributed by atoms with E-state index in [1.54, 1.807) is 12.1 Å². The summed E-state index contributed by atoms with van der Waals surface area (Å²) >= 11 is 5.86. The molecule has 1 aromatic carbocycles. The molecule has 3 nitrogen and oxygen atoms in total. The highest BCUT2D eigenvalue weighted by Gasteiger charge is 2.26. The van der Waals surface area contributed by atoms with Crippen molar-refractivity contribution in [3.05, 3.63) is 57.6 Å². The molecular formula is C15H13ClFNO2. The van der Waals surface area contributed by atoms with E-state index in [4.69, 9.17) is 16.7 Å². The van der Waals surface area contributed by atoms with Gasteiger partial charge in [0, 0.05) is 10.7 Å². The van der Waals surface area contributed by atoms with Gasteiger partial charge in [0.2, 0.25) is 0 Å². The smallest absolute Gasteiger partial charge is 0.352 e. The van der Waals surface area contributed by atoms with Crippen LogP contribution < -0.4 is 0 Å². The highest BCUT2D eigenvalue weighted by Crippen LogP contribution is 2.36. The summed E-state index contributed by atoms with van der Waals surface area (Å²) in [6.07, 6.45) is 2.44. The number of nitrogens with one attached hydrogen (secondary N) is 1. The van der Waals surface area contributed by atoms with Gasteiger partial charge in [0.15, 0.2) is 0 Å². The molecule has 0 fully saturated rings. The number of hydrogen-bond donors (Lipinski definition) is 2. The number of aromatic nitrogens is 1. The fourth-order valence-corrected chi connectivity index (χ4v) is 3.14. The predicted molar refractivity (Wildman–Crippen MR) is 73.9 cm³/mol. The average Bonchev–Trinajstić information content (AvgIpc) is 2.90. The summed E-state index contributed by atoms with van der Waals surface area (Å²) in [4.78, 5) is 13.9. The summed E-state index contributed by atoms with van der Waals surface area (Å²) in [5, 5.41) is 9.38. The lowest BCUT2D eigenvalue weighted by Gasteiger charge is -2.10. The number of aryl methyl sites for hydroxylation is 1. The monoisotopic (exact) mass is 293 g/mol. The van der Waals surface area contributed by atoms with Crippen LogP contribution >= 0.6 is 11.6 Å². The number of carbonyl (C=O) groups is 1. The third kappa shape index (κ3) is 2.43. The summed E-state index contributed by atoms with van der Waals surface area (Å²) in [6, 6.07) is 6.21. The Kier molecular flexibility index (Phi) is 3.26. The van der Waals surface area contributed by atoms with E-state index in [9.17, 15) is 9.18 Å². The van der Waals surface area contributed by atoms with Crippen LogP contribution in [0.15, 0.2) is 24.3 Å². The maximum Gasteiger partial charge on any atom is 0.352 e. The predicted octanol–water partition coefficient (Wildman–Crippen LogP) is 3.78. The molecular weight excluding hydrogens is 281 g/mol. The van der Waals surface area contributed by atoms with Crippen LogP contribution in [-0.2, 0) is 12.8 Å². The number of fused-ring (bicyclic) bond motifs is 1. The van der Waals surface area contributed by atoms with Gasteiger partial charge >= 0.3 is 5.97 Å². The van der Waals surface area contributed by atoms with Crippen molar-refractivity contribution in [2.75, 3.05) is 0 Å². The van der Waals surface area contributed by atoms with E-state index >= 15 is 0 Å². The van der Waals surface area contributed by atoms with Gasteiger partial charge < -0.3 is 10.1 Å². The second-order valence-electron chi connectivity index (χ2n) is 5.14. The van der Waals surface area contributed by atoms with Crippen LogP contribution in [0.3, 0.4) is 0 Å². The van der Waals surface area contributed by atoms with E-state index in [1.807, 2.05) is 0 Å². The number of aromatic amines is 1. The first-order chi connectivity index (χ1) is 9.52. The molecule has 0 amide bonds. The zero-order valence-electron chi connectivity index (χ0n) is 10.6. The number of H-pyrrole nitrogens is 1. The normalized spacial score (nSPS) is 17.2. The highest BCUT2D eigenvalue weighted by atomic mass is 35.5. The van der Waals surface area contributed by atoms with Crippen molar-refractivity contribution in [2.45, 2.75) is 25.2 Å². The largest absolute Gasteiger partial charge is 0.477 e. The van der Waals surface area contributed by atoms with Crippen molar-refractivity contribution in [3.63, 3.8) is 0 Å². The van der Waals surface area contributed by atoms with Crippen LogP contribution in [0.1, 0.15) is 39.6 Å². The first kappa shape index (κ1) is 13.2. The third-order valence-corrected chi connectivity index (χ3v) is 3.97. The molecule has 1 heterocycles. The van der Waals surface area contributed by atoms with Gasteiger partial charge in [-0.15, -0.1) is 0 Å². The molecule has 0 saturated carbocycles. The standard InChI is InChI=1S/C15H13ClFNO2/c16-10-4-8(5-11(17)6-10)3-9-1-2-13-12(9)7-14(18-13)15(19)20/h4-7,9,18H,1-3H2,(H,19,20). The Balaban J connectivity index is 1.85. The van der Waals surface area contributed by atoms with Gasteiger partial charge in [-0.3, -0.25) is 0 Å². The number of carboxylic acids is 1. The molecule has 2 N–H and O–H groups in total. The third-order valence-electron chi connectivity index (χ3n) is 3.75. The second-order valence-corrected chi connectivity index (χ2v) is 5.58. The Morgan fingerprint density at radius 2 is 2.20 bits per heavy atom. The van der Waals surface area contributed by atoms with E-state index < -0.39 is 5.97 Å². The summed E-state index contributed by atoms with van der Waals surface area (Å²) in [7, 11) is 0. The molecule has 0 spiro atoms. The lowest BCUT2D eigenvalue weighted by molar-refractivity contribution is 0.0691. The molecule has 104 valence electrons. The van der Waals surface area contributed by atoms with Crippen LogP contribution in [0.25, 0.3) is 0 Å². The fraction of sp³-hybridized carbons (Fsp3) is 0.267. The van der Waals surface area contributed by atoms with Gasteiger partial charge in [0.05, 0.1) is 0 Å². The second kappa shape index (κ2) is 4.94. The summed E-state index contributed by atoms with van der Waals surface area (Å²) < 4.78 is 13.3. The molecule has 1 aliphatic rings. The summed E-state index contributed by atoms with van der Waals surface area (Å²) in [5.74, 6) is -1.08. The van der Waals surface area contributed by atoms with Crippen molar-refractivity contribution in [3.8, 4) is 0 Å². The van der Waals surface area contributed by atoms with Gasteiger partial charge in [-0.1, -0.05) is 11.6 Å². The first-order valence-corrected chi connectivity index (χ1v) is 6.81. The topological polar surface area (TPSA) is 53.1 Å². The zero-order chi connectivity index (χ0) is 14.3. The van der Waals surface area contributed by atoms with Crippen LogP contribution in [0.4, 0.5) is 4.39 Å². The number of aromatic carboxylic acids is 1. The van der Waals surface area contributed by atoms with Gasteiger partial charge in [-0.2, -0.15) is 0 Å². The van der Waals surface area contributed by atoms with Crippen molar-refractivity contribution >= 4 is 17.6 Å². The lowest BCUT2D eigenvalue weighted by Crippen LogP contribution is -2.00. The number of carboxylic acid groups (broad SMARTS) is 1. The summed E-state index contributed by atoms with van der Waals surface area (Å²) in [6.45, 7) is 0. The van der Waals surface area contributed by atoms with Gasteiger partial charge in [0.1, 0.15) is 11.5 Å². The zero-order valence-corrected chi connectivity index (χ0v) is 11.4. The van der Waals surface area contributed by atoms with Crippen LogP contribution in [0.2, 0.25) is 5.02 Å². The van der Waals surface area contributed by atoms with Gasteiger partial charge in [0.25, 0.3) is 0 Å². The molecule has 1 atom stereocenters. The Hall–Kier alpha value is -1.81. The molecule has 1 aromatic heterocycles. The molecule has 0 radical (unpaired) electrons. The van der Waals surface area contributed by atoms with Gasteiger partial charge in [-0.05, 0) is 60.6 Å². The lowest BCUT2D eigenvalue weighted by atomic mass is 9.94. The van der Waals surface area contributed by atoms with Crippen molar-refractivity contribution in [1.29, 1.82) is 0 Å². The van der Waals surface area contributed by atoms with Crippen LogP contribution in [-0.4, -0.2) is 16.1 Å². The Morgan fingerprint density at radius 3 is 2.90 bits per heavy atom. The minimum Gasteiger partial charge on any atom is -0.477 e. The molecule has 0 bridgehead atoms.